The quantitative estimate of drug-likeness (QED) is 0.883. The minimum absolute atomic E-state index is 0.0920. The molecule has 0 radical (unpaired) electrons. The molecule has 0 aliphatic carbocycles. The number of hydrogen-bond donors (Lipinski definition) is 1. The largest absolute Gasteiger partial charge is 0.496 e. The van der Waals surface area contributed by atoms with E-state index in [4.69, 9.17) is 19.7 Å². The van der Waals surface area contributed by atoms with Crippen LogP contribution in [0.4, 0.5) is 4.39 Å². The molecule has 2 N–H and O–H groups in total. The first-order valence-corrected chi connectivity index (χ1v) is 5.58. The van der Waals surface area contributed by atoms with Crippen LogP contribution in [0, 0.1) is 5.82 Å². The molecule has 0 amide bonds. The molecule has 0 bridgehead atoms. The average Bonchev–Trinajstić information content (AvgIpc) is 2.89. The third-order valence-electron chi connectivity index (χ3n) is 2.57. The minimum atomic E-state index is -0.495. The number of methoxy groups -OCH3 is 2. The zero-order chi connectivity index (χ0) is 13.8. The summed E-state index contributed by atoms with van der Waals surface area (Å²) in [5.74, 6) is 0.161. The fraction of sp³-hybridized carbons (Fsp3) is 0.333. The maximum absolute atomic E-state index is 14.4. The first kappa shape index (κ1) is 13.4. The third kappa shape index (κ3) is 2.56. The normalized spacial score (nSPS) is 10.7. The Morgan fingerprint density at radius 2 is 2.16 bits per heavy atom. The molecule has 1 aromatic carbocycles. The maximum Gasteiger partial charge on any atom is 0.240 e. The Morgan fingerprint density at radius 3 is 2.74 bits per heavy atom. The lowest BCUT2D eigenvalue weighted by Crippen LogP contribution is -2.00. The van der Waals surface area contributed by atoms with Crippen molar-refractivity contribution in [1.29, 1.82) is 0 Å². The van der Waals surface area contributed by atoms with Crippen LogP contribution in [0.15, 0.2) is 16.7 Å². The van der Waals surface area contributed by atoms with Crippen LogP contribution >= 0.6 is 0 Å². The average molecular weight is 267 g/mol. The van der Waals surface area contributed by atoms with Gasteiger partial charge in [0.1, 0.15) is 17.1 Å². The fourth-order valence-corrected chi connectivity index (χ4v) is 1.69. The smallest absolute Gasteiger partial charge is 0.240 e. The molecule has 0 atom stereocenters. The topological polar surface area (TPSA) is 83.4 Å². The lowest BCUT2D eigenvalue weighted by molar-refractivity contribution is 0.181. The summed E-state index contributed by atoms with van der Waals surface area (Å²) in [5, 5.41) is 3.70. The van der Waals surface area contributed by atoms with Gasteiger partial charge in [-0.2, -0.15) is 4.98 Å². The Bertz CT molecular complexity index is 571. The van der Waals surface area contributed by atoms with Gasteiger partial charge in [-0.25, -0.2) is 4.39 Å². The molecule has 6 nitrogen and oxygen atoms in total. The van der Waals surface area contributed by atoms with Crippen molar-refractivity contribution in [3.63, 3.8) is 0 Å². The van der Waals surface area contributed by atoms with Crippen LogP contribution in [-0.2, 0) is 17.9 Å². The molecule has 19 heavy (non-hydrogen) atoms. The molecule has 0 spiro atoms. The summed E-state index contributed by atoms with van der Waals surface area (Å²) in [6, 6.07) is 3.22. The van der Waals surface area contributed by atoms with Gasteiger partial charge in [-0.15, -0.1) is 0 Å². The monoisotopic (exact) mass is 267 g/mol. The summed E-state index contributed by atoms with van der Waals surface area (Å²) in [6.45, 7) is 0.235. The van der Waals surface area contributed by atoms with Crippen molar-refractivity contribution in [2.75, 3.05) is 14.2 Å². The Morgan fingerprint density at radius 1 is 1.37 bits per heavy atom. The van der Waals surface area contributed by atoms with Crippen LogP contribution in [0.2, 0.25) is 0 Å². The lowest BCUT2D eigenvalue weighted by atomic mass is 10.1. The van der Waals surface area contributed by atoms with Gasteiger partial charge in [0.2, 0.25) is 11.7 Å². The van der Waals surface area contributed by atoms with Gasteiger partial charge >= 0.3 is 0 Å². The number of rotatable bonds is 5. The van der Waals surface area contributed by atoms with Crippen LogP contribution in [0.1, 0.15) is 11.5 Å². The van der Waals surface area contributed by atoms with Crippen LogP contribution in [0.5, 0.6) is 5.75 Å². The maximum atomic E-state index is 14.4. The van der Waals surface area contributed by atoms with E-state index >= 15 is 0 Å². The van der Waals surface area contributed by atoms with Gasteiger partial charge in [0, 0.05) is 12.7 Å². The zero-order valence-electron chi connectivity index (χ0n) is 10.6. The number of nitrogens with zero attached hydrogens (tertiary/aromatic N) is 2. The number of ether oxygens (including phenoxy) is 2. The lowest BCUT2D eigenvalue weighted by Gasteiger charge is -2.09. The van der Waals surface area contributed by atoms with Crippen LogP contribution < -0.4 is 10.5 Å². The van der Waals surface area contributed by atoms with E-state index in [0.717, 1.165) is 0 Å². The second-order valence-corrected chi connectivity index (χ2v) is 3.76. The zero-order valence-corrected chi connectivity index (χ0v) is 10.6. The van der Waals surface area contributed by atoms with Gasteiger partial charge < -0.3 is 19.7 Å². The van der Waals surface area contributed by atoms with Crippen molar-refractivity contribution >= 4 is 0 Å². The molecular formula is C12H14FN3O3. The molecule has 1 aromatic heterocycles. The van der Waals surface area contributed by atoms with E-state index in [1.54, 1.807) is 12.1 Å². The van der Waals surface area contributed by atoms with E-state index in [2.05, 4.69) is 10.1 Å². The fourth-order valence-electron chi connectivity index (χ4n) is 1.69. The molecule has 0 fully saturated rings. The van der Waals surface area contributed by atoms with Crippen LogP contribution in [-0.4, -0.2) is 24.4 Å². The Hall–Kier alpha value is -1.99. The molecule has 102 valence electrons. The van der Waals surface area contributed by atoms with Gasteiger partial charge in [-0.1, -0.05) is 11.2 Å². The van der Waals surface area contributed by atoms with Crippen molar-refractivity contribution in [2.45, 2.75) is 13.2 Å². The number of benzene rings is 1. The molecule has 0 aliphatic heterocycles. The summed E-state index contributed by atoms with van der Waals surface area (Å²) in [5.41, 5.74) is 5.91. The first-order chi connectivity index (χ1) is 9.21. The third-order valence-corrected chi connectivity index (χ3v) is 2.57. The highest BCUT2D eigenvalue weighted by molar-refractivity contribution is 5.65. The molecule has 0 saturated carbocycles. The summed E-state index contributed by atoms with van der Waals surface area (Å²) >= 11 is 0. The predicted molar refractivity (Wildman–Crippen MR) is 64.8 cm³/mol. The molecule has 0 aliphatic rings. The van der Waals surface area contributed by atoms with Crippen molar-refractivity contribution in [3.05, 3.63) is 29.4 Å². The Balaban J connectivity index is 2.55. The second kappa shape index (κ2) is 5.77. The molecule has 0 unspecified atom stereocenters. The van der Waals surface area contributed by atoms with E-state index in [0.29, 0.717) is 11.3 Å². The summed E-state index contributed by atoms with van der Waals surface area (Å²) < 4.78 is 29.3. The van der Waals surface area contributed by atoms with E-state index in [1.165, 1.54) is 14.2 Å². The van der Waals surface area contributed by atoms with Crippen molar-refractivity contribution < 1.29 is 18.4 Å². The van der Waals surface area contributed by atoms with Crippen LogP contribution in [0.25, 0.3) is 11.4 Å². The SMILES string of the molecule is COCc1ccc(OC)c(-c2noc(CN)n2)c1F. The molecule has 0 saturated heterocycles. The molecule has 2 aromatic rings. The van der Waals surface area contributed by atoms with Gasteiger partial charge in [-0.3, -0.25) is 0 Å². The number of aromatic nitrogens is 2. The van der Waals surface area contributed by atoms with Crippen molar-refractivity contribution in [3.8, 4) is 17.1 Å². The Kier molecular flexibility index (Phi) is 4.08. The summed E-state index contributed by atoms with van der Waals surface area (Å²) in [4.78, 5) is 4.01. The van der Waals surface area contributed by atoms with E-state index < -0.39 is 5.82 Å². The minimum Gasteiger partial charge on any atom is -0.496 e. The molecule has 7 heteroatoms. The highest BCUT2D eigenvalue weighted by atomic mass is 19.1. The summed E-state index contributed by atoms with van der Waals surface area (Å²) in [7, 11) is 2.93. The highest BCUT2D eigenvalue weighted by Gasteiger charge is 2.20. The van der Waals surface area contributed by atoms with E-state index in [-0.39, 0.29) is 30.4 Å². The van der Waals surface area contributed by atoms with Gasteiger partial charge in [0.05, 0.1) is 20.3 Å². The van der Waals surface area contributed by atoms with Crippen molar-refractivity contribution in [1.82, 2.24) is 10.1 Å². The molecular weight excluding hydrogens is 253 g/mol. The standard InChI is InChI=1S/C12H14FN3O3/c1-17-6-7-3-4-8(18-2)10(11(7)13)12-15-9(5-14)19-16-12/h3-4H,5-6,14H2,1-2H3. The number of hydrogen-bond acceptors (Lipinski definition) is 6. The number of halogens is 1. The van der Waals surface area contributed by atoms with E-state index in [9.17, 15) is 4.39 Å². The molecule has 1 heterocycles. The first-order valence-electron chi connectivity index (χ1n) is 5.58. The molecule has 2 rings (SSSR count). The predicted octanol–water partition coefficient (Wildman–Crippen LogP) is 1.49. The van der Waals surface area contributed by atoms with E-state index in [1.807, 2.05) is 0 Å². The number of nitrogens with two attached hydrogens (primary N) is 1. The summed E-state index contributed by atoms with van der Waals surface area (Å²) in [6.07, 6.45) is 0. The van der Waals surface area contributed by atoms with Gasteiger partial charge in [0.25, 0.3) is 0 Å². The Labute approximate surface area is 109 Å². The second-order valence-electron chi connectivity index (χ2n) is 3.76. The van der Waals surface area contributed by atoms with Gasteiger partial charge in [-0.05, 0) is 6.07 Å². The van der Waals surface area contributed by atoms with Crippen molar-refractivity contribution in [2.24, 2.45) is 5.73 Å². The van der Waals surface area contributed by atoms with Gasteiger partial charge in [0.15, 0.2) is 0 Å². The highest BCUT2D eigenvalue weighted by Crippen LogP contribution is 2.32. The van der Waals surface area contributed by atoms with Crippen LogP contribution in [0.3, 0.4) is 0 Å².